The molecule has 0 aliphatic carbocycles. The second-order valence-electron chi connectivity index (χ2n) is 4.79. The fourth-order valence-corrected chi connectivity index (χ4v) is 1.87. The molecule has 1 heterocycles. The molecule has 16 heavy (non-hydrogen) atoms. The van der Waals surface area contributed by atoms with Crippen LogP contribution in [0.5, 0.6) is 0 Å². The van der Waals surface area contributed by atoms with Gasteiger partial charge in [-0.2, -0.15) is 0 Å². The quantitative estimate of drug-likeness (QED) is 0.595. The summed E-state index contributed by atoms with van der Waals surface area (Å²) in [7, 11) is 0. The highest BCUT2D eigenvalue weighted by atomic mass is 16.5. The number of likely N-dealkylation sites (tertiary alicyclic amines) is 1. The fourth-order valence-electron chi connectivity index (χ4n) is 1.87. The van der Waals surface area contributed by atoms with Crippen LogP contribution in [0, 0.1) is 0 Å². The van der Waals surface area contributed by atoms with E-state index in [-0.39, 0.29) is 12.2 Å². The first-order valence-electron chi connectivity index (χ1n) is 6.41. The summed E-state index contributed by atoms with van der Waals surface area (Å²) in [5, 5.41) is 12.9. The van der Waals surface area contributed by atoms with E-state index >= 15 is 0 Å². The lowest BCUT2D eigenvalue weighted by molar-refractivity contribution is 0.00635. The average Bonchev–Trinajstić information content (AvgIpc) is 2.74. The largest absolute Gasteiger partial charge is 0.389 e. The van der Waals surface area contributed by atoms with Crippen molar-refractivity contribution in [3.8, 4) is 0 Å². The standard InChI is InChI=1S/C12H26N2O2/c1-11(2)16-10-12(15)9-13-5-8-14-6-3-4-7-14/h11-13,15H,3-10H2,1-2H3. The van der Waals surface area contributed by atoms with Crippen LogP contribution >= 0.6 is 0 Å². The van der Waals surface area contributed by atoms with E-state index in [2.05, 4.69) is 10.2 Å². The molecule has 0 amide bonds. The van der Waals surface area contributed by atoms with Crippen molar-refractivity contribution in [3.05, 3.63) is 0 Å². The summed E-state index contributed by atoms with van der Waals surface area (Å²) in [5.74, 6) is 0. The van der Waals surface area contributed by atoms with Gasteiger partial charge in [0.25, 0.3) is 0 Å². The number of ether oxygens (including phenoxy) is 1. The van der Waals surface area contributed by atoms with Crippen LogP contribution in [-0.2, 0) is 4.74 Å². The van der Waals surface area contributed by atoms with Crippen molar-refractivity contribution in [2.75, 3.05) is 39.3 Å². The summed E-state index contributed by atoms with van der Waals surface area (Å²) < 4.78 is 5.33. The van der Waals surface area contributed by atoms with Crippen LogP contribution in [0.4, 0.5) is 0 Å². The Morgan fingerprint density at radius 2 is 2.00 bits per heavy atom. The van der Waals surface area contributed by atoms with Gasteiger partial charge in [-0.25, -0.2) is 0 Å². The lowest BCUT2D eigenvalue weighted by Gasteiger charge is -2.17. The van der Waals surface area contributed by atoms with Crippen LogP contribution in [0.1, 0.15) is 26.7 Å². The predicted octanol–water partition coefficient (Wildman–Crippen LogP) is 0.458. The van der Waals surface area contributed by atoms with E-state index in [9.17, 15) is 5.11 Å². The molecule has 0 aromatic heterocycles. The maximum Gasteiger partial charge on any atom is 0.0897 e. The Hall–Kier alpha value is -0.160. The Morgan fingerprint density at radius 1 is 1.31 bits per heavy atom. The summed E-state index contributed by atoms with van der Waals surface area (Å²) in [4.78, 5) is 2.46. The summed E-state index contributed by atoms with van der Waals surface area (Å²) in [6.07, 6.45) is 2.48. The molecule has 1 aliphatic rings. The van der Waals surface area contributed by atoms with E-state index < -0.39 is 0 Å². The second-order valence-corrected chi connectivity index (χ2v) is 4.79. The van der Waals surface area contributed by atoms with Gasteiger partial charge in [-0.1, -0.05) is 0 Å². The number of nitrogens with one attached hydrogen (secondary N) is 1. The molecule has 4 heteroatoms. The number of hydrogen-bond donors (Lipinski definition) is 2. The van der Waals surface area contributed by atoms with Gasteiger partial charge in [0.2, 0.25) is 0 Å². The molecule has 0 saturated carbocycles. The van der Waals surface area contributed by atoms with Gasteiger partial charge >= 0.3 is 0 Å². The molecule has 0 bridgehead atoms. The van der Waals surface area contributed by atoms with Crippen LogP contribution < -0.4 is 5.32 Å². The van der Waals surface area contributed by atoms with Crippen LogP contribution in [0.25, 0.3) is 0 Å². The minimum atomic E-state index is -0.388. The zero-order chi connectivity index (χ0) is 11.8. The molecule has 1 saturated heterocycles. The number of nitrogens with zero attached hydrogens (tertiary/aromatic N) is 1. The molecule has 1 aliphatic heterocycles. The Morgan fingerprint density at radius 3 is 2.62 bits per heavy atom. The highest BCUT2D eigenvalue weighted by Gasteiger charge is 2.10. The molecule has 4 nitrogen and oxygen atoms in total. The minimum Gasteiger partial charge on any atom is -0.389 e. The molecule has 96 valence electrons. The van der Waals surface area contributed by atoms with E-state index in [0.717, 1.165) is 13.1 Å². The topological polar surface area (TPSA) is 44.7 Å². The first-order chi connectivity index (χ1) is 7.68. The first kappa shape index (κ1) is 13.9. The van der Waals surface area contributed by atoms with Gasteiger partial charge < -0.3 is 20.1 Å². The monoisotopic (exact) mass is 230 g/mol. The van der Waals surface area contributed by atoms with Gasteiger partial charge in [-0.05, 0) is 39.8 Å². The number of hydrogen-bond acceptors (Lipinski definition) is 4. The average molecular weight is 230 g/mol. The fraction of sp³-hybridized carbons (Fsp3) is 1.00. The summed E-state index contributed by atoms with van der Waals surface area (Å²) in [5.41, 5.74) is 0. The molecule has 1 rings (SSSR count). The SMILES string of the molecule is CC(C)OCC(O)CNCCN1CCCC1. The van der Waals surface area contributed by atoms with Gasteiger partial charge in [0.05, 0.1) is 18.8 Å². The molecule has 0 aromatic carbocycles. The van der Waals surface area contributed by atoms with Crippen molar-refractivity contribution in [2.45, 2.75) is 38.9 Å². The zero-order valence-electron chi connectivity index (χ0n) is 10.6. The first-order valence-corrected chi connectivity index (χ1v) is 6.41. The third-order valence-corrected chi connectivity index (χ3v) is 2.81. The van der Waals surface area contributed by atoms with Crippen molar-refractivity contribution < 1.29 is 9.84 Å². The van der Waals surface area contributed by atoms with Crippen molar-refractivity contribution in [2.24, 2.45) is 0 Å². The van der Waals surface area contributed by atoms with E-state index in [4.69, 9.17) is 4.74 Å². The van der Waals surface area contributed by atoms with Crippen LogP contribution in [0.2, 0.25) is 0 Å². The van der Waals surface area contributed by atoms with Gasteiger partial charge in [-0.15, -0.1) is 0 Å². The van der Waals surface area contributed by atoms with Crippen molar-refractivity contribution in [1.82, 2.24) is 10.2 Å². The highest BCUT2D eigenvalue weighted by molar-refractivity contribution is 4.67. The van der Waals surface area contributed by atoms with E-state index in [1.807, 2.05) is 13.8 Å². The lowest BCUT2D eigenvalue weighted by Crippen LogP contribution is -2.36. The van der Waals surface area contributed by atoms with Crippen molar-refractivity contribution in [3.63, 3.8) is 0 Å². The number of aliphatic hydroxyl groups excluding tert-OH is 1. The van der Waals surface area contributed by atoms with E-state index in [1.54, 1.807) is 0 Å². The van der Waals surface area contributed by atoms with Crippen LogP contribution in [0.15, 0.2) is 0 Å². The predicted molar refractivity (Wildman–Crippen MR) is 65.6 cm³/mol. The maximum atomic E-state index is 9.59. The number of aliphatic hydroxyl groups is 1. The zero-order valence-corrected chi connectivity index (χ0v) is 10.6. The third-order valence-electron chi connectivity index (χ3n) is 2.81. The molecular formula is C12H26N2O2. The molecular weight excluding hydrogens is 204 g/mol. The van der Waals surface area contributed by atoms with Gasteiger partial charge in [0.1, 0.15) is 0 Å². The highest BCUT2D eigenvalue weighted by Crippen LogP contribution is 2.05. The van der Waals surface area contributed by atoms with Gasteiger partial charge in [-0.3, -0.25) is 0 Å². The van der Waals surface area contributed by atoms with Crippen molar-refractivity contribution >= 4 is 0 Å². The molecule has 1 unspecified atom stereocenters. The third kappa shape index (κ3) is 6.43. The second kappa shape index (κ2) is 8.01. The Bertz CT molecular complexity index is 170. The molecule has 2 N–H and O–H groups in total. The molecule has 1 atom stereocenters. The number of rotatable bonds is 8. The minimum absolute atomic E-state index is 0.194. The van der Waals surface area contributed by atoms with Gasteiger partial charge in [0, 0.05) is 19.6 Å². The normalized spacial score (nSPS) is 19.5. The Labute approximate surface area is 99.0 Å². The lowest BCUT2D eigenvalue weighted by atomic mass is 10.3. The summed E-state index contributed by atoms with van der Waals surface area (Å²) in [6.45, 7) is 9.54. The van der Waals surface area contributed by atoms with Gasteiger partial charge in [0.15, 0.2) is 0 Å². The molecule has 0 aromatic rings. The van der Waals surface area contributed by atoms with E-state index in [1.165, 1.54) is 25.9 Å². The maximum absolute atomic E-state index is 9.59. The van der Waals surface area contributed by atoms with Crippen LogP contribution in [-0.4, -0.2) is 61.5 Å². The van der Waals surface area contributed by atoms with Crippen molar-refractivity contribution in [1.29, 1.82) is 0 Å². The summed E-state index contributed by atoms with van der Waals surface area (Å²) in [6, 6.07) is 0. The smallest absolute Gasteiger partial charge is 0.0897 e. The van der Waals surface area contributed by atoms with E-state index in [0.29, 0.717) is 13.2 Å². The Kier molecular flexibility index (Phi) is 6.96. The molecule has 1 fully saturated rings. The summed E-state index contributed by atoms with van der Waals surface area (Å²) >= 11 is 0. The molecule has 0 radical (unpaired) electrons. The molecule has 0 spiro atoms. The Balaban J connectivity index is 1.89. The van der Waals surface area contributed by atoms with Crippen LogP contribution in [0.3, 0.4) is 0 Å².